The Morgan fingerprint density at radius 3 is 2.72 bits per heavy atom. The van der Waals surface area contributed by atoms with E-state index in [1.165, 1.54) is 33.9 Å². The van der Waals surface area contributed by atoms with Crippen LogP contribution in [-0.2, 0) is 15.1 Å². The number of carbonyl (C=O) groups is 2. The number of Topliss-reactive ketones (excluding diaryl/α,β-unsaturated/α-hetero) is 1. The zero-order valence-electron chi connectivity index (χ0n) is 13.1. The van der Waals surface area contributed by atoms with Crippen LogP contribution in [0.5, 0.6) is 0 Å². The van der Waals surface area contributed by atoms with Crippen molar-refractivity contribution in [1.29, 1.82) is 0 Å². The molecule has 1 atom stereocenters. The number of fused-ring (bicyclic) bond motifs is 11. The van der Waals surface area contributed by atoms with Gasteiger partial charge in [-0.1, -0.05) is 12.2 Å². The second-order valence-electron chi connectivity index (χ2n) is 7.22. The lowest BCUT2D eigenvalue weighted by atomic mass is 9.79. The minimum absolute atomic E-state index is 0.169. The second kappa shape index (κ2) is 3.42. The standard InChI is InChI=1S/C22H10O3/c23-17-3-1-2-11-15-9-22(5-4-18(24)25-22)16-7-10-6-12(10)21(16)20(15)14-8-13(14)19(11)17/h1-2,4-9H,3H2. The summed E-state index contributed by atoms with van der Waals surface area (Å²) in [6.45, 7) is 0. The molecule has 0 bridgehead atoms. The van der Waals surface area contributed by atoms with E-state index in [4.69, 9.17) is 4.74 Å². The van der Waals surface area contributed by atoms with E-state index in [9.17, 15) is 9.59 Å². The van der Waals surface area contributed by atoms with E-state index in [1.54, 1.807) is 0 Å². The van der Waals surface area contributed by atoms with Gasteiger partial charge in [0.05, 0.1) is 0 Å². The third-order valence-electron chi connectivity index (χ3n) is 5.86. The average Bonchev–Trinajstić information content (AvgIpc) is 3.48. The van der Waals surface area contributed by atoms with Gasteiger partial charge in [0, 0.05) is 23.6 Å². The van der Waals surface area contributed by atoms with Crippen molar-refractivity contribution in [1.82, 2.24) is 0 Å². The molecule has 0 fully saturated rings. The summed E-state index contributed by atoms with van der Waals surface area (Å²) in [5.74, 6) is -0.152. The number of esters is 1. The van der Waals surface area contributed by atoms with Crippen molar-refractivity contribution >= 4 is 30.0 Å². The van der Waals surface area contributed by atoms with Crippen LogP contribution in [-0.4, -0.2) is 11.8 Å². The summed E-state index contributed by atoms with van der Waals surface area (Å²) in [6, 6.07) is 4.29. The third kappa shape index (κ3) is 1.25. The molecule has 116 valence electrons. The lowest BCUT2D eigenvalue weighted by molar-refractivity contribution is -0.142. The summed E-state index contributed by atoms with van der Waals surface area (Å²) >= 11 is 0. The Hall–Kier alpha value is -3.20. The van der Waals surface area contributed by atoms with Crippen LogP contribution in [0.4, 0.5) is 0 Å². The first-order chi connectivity index (χ1) is 12.2. The van der Waals surface area contributed by atoms with Gasteiger partial charge in [-0.3, -0.25) is 4.79 Å². The Kier molecular flexibility index (Phi) is 1.67. The van der Waals surface area contributed by atoms with Crippen LogP contribution in [0.15, 0.2) is 30.4 Å². The molecule has 1 unspecified atom stereocenters. The lowest BCUT2D eigenvalue weighted by Crippen LogP contribution is -2.33. The highest BCUT2D eigenvalue weighted by molar-refractivity contribution is 6.11. The maximum absolute atomic E-state index is 12.5. The van der Waals surface area contributed by atoms with Crippen molar-refractivity contribution in [2.24, 2.45) is 0 Å². The first-order valence-corrected chi connectivity index (χ1v) is 8.42. The summed E-state index contributed by atoms with van der Waals surface area (Å²) in [6.07, 6.45) is 11.9. The monoisotopic (exact) mass is 322 g/mol. The van der Waals surface area contributed by atoms with E-state index in [0.29, 0.717) is 6.42 Å². The van der Waals surface area contributed by atoms with E-state index in [2.05, 4.69) is 18.2 Å². The molecule has 1 heterocycles. The topological polar surface area (TPSA) is 43.4 Å². The van der Waals surface area contributed by atoms with Crippen LogP contribution in [0, 0.1) is 0 Å². The predicted molar refractivity (Wildman–Crippen MR) is 93.0 cm³/mol. The maximum Gasteiger partial charge on any atom is 0.332 e. The number of ether oxygens (including phenoxy) is 1. The molecule has 0 aromatic heterocycles. The van der Waals surface area contributed by atoms with Gasteiger partial charge in [0.15, 0.2) is 11.4 Å². The van der Waals surface area contributed by atoms with Crippen LogP contribution in [0.3, 0.4) is 0 Å². The maximum atomic E-state index is 12.5. The summed E-state index contributed by atoms with van der Waals surface area (Å²) in [7, 11) is 0. The van der Waals surface area contributed by atoms with Gasteiger partial charge in [-0.15, -0.1) is 0 Å². The Bertz CT molecular complexity index is 1320. The predicted octanol–water partition coefficient (Wildman–Crippen LogP) is 2.18. The highest BCUT2D eigenvalue weighted by atomic mass is 16.6. The van der Waals surface area contributed by atoms with Crippen LogP contribution >= 0.6 is 0 Å². The summed E-state index contributed by atoms with van der Waals surface area (Å²) < 4.78 is 5.75. The number of ketones is 1. The van der Waals surface area contributed by atoms with Crippen LogP contribution in [0.2, 0.25) is 0 Å². The highest BCUT2D eigenvalue weighted by Gasteiger charge is 2.45. The van der Waals surface area contributed by atoms with Crippen LogP contribution < -0.4 is 10.4 Å². The quantitative estimate of drug-likeness (QED) is 0.466. The molecular formula is C22H10O3. The van der Waals surface area contributed by atoms with Gasteiger partial charge in [-0.2, -0.15) is 0 Å². The molecule has 0 N–H and O–H groups in total. The minimum Gasteiger partial charge on any atom is -0.442 e. The lowest BCUT2D eigenvalue weighted by Gasteiger charge is -2.29. The van der Waals surface area contributed by atoms with E-state index in [1.807, 2.05) is 24.3 Å². The fourth-order valence-corrected chi connectivity index (χ4v) is 4.71. The Balaban J connectivity index is 1.69. The molecule has 0 saturated carbocycles. The van der Waals surface area contributed by atoms with Gasteiger partial charge in [-0.25, -0.2) is 4.79 Å². The van der Waals surface area contributed by atoms with Gasteiger partial charge in [-0.05, 0) is 74.2 Å². The smallest absolute Gasteiger partial charge is 0.332 e. The Morgan fingerprint density at radius 2 is 1.88 bits per heavy atom. The Morgan fingerprint density at radius 1 is 0.960 bits per heavy atom. The molecule has 7 rings (SSSR count). The molecule has 25 heavy (non-hydrogen) atoms. The number of carbonyl (C=O) groups excluding carboxylic acids is 2. The molecule has 3 nitrogen and oxygen atoms in total. The van der Waals surface area contributed by atoms with Crippen molar-refractivity contribution in [3.63, 3.8) is 0 Å². The molecule has 6 aliphatic rings. The van der Waals surface area contributed by atoms with E-state index >= 15 is 0 Å². The largest absolute Gasteiger partial charge is 0.442 e. The van der Waals surface area contributed by atoms with E-state index in [-0.39, 0.29) is 11.8 Å². The summed E-state index contributed by atoms with van der Waals surface area (Å²) in [5.41, 5.74) is 8.01. The molecule has 1 aromatic rings. The molecule has 1 aliphatic heterocycles. The van der Waals surface area contributed by atoms with Gasteiger partial charge in [0.1, 0.15) is 0 Å². The summed E-state index contributed by atoms with van der Waals surface area (Å²) in [5, 5.41) is 2.11. The van der Waals surface area contributed by atoms with E-state index in [0.717, 1.165) is 27.1 Å². The van der Waals surface area contributed by atoms with Crippen molar-refractivity contribution in [3.8, 4) is 22.3 Å². The minimum atomic E-state index is -0.841. The molecule has 1 aromatic carbocycles. The molecule has 0 amide bonds. The number of benzene rings is 2. The molecule has 3 heteroatoms. The van der Waals surface area contributed by atoms with Gasteiger partial charge < -0.3 is 4.74 Å². The van der Waals surface area contributed by atoms with Gasteiger partial charge in [0.25, 0.3) is 0 Å². The third-order valence-corrected chi connectivity index (χ3v) is 5.86. The molecule has 1 spiro atoms. The number of hydrogen-bond donors (Lipinski definition) is 0. The summed E-state index contributed by atoms with van der Waals surface area (Å²) in [4.78, 5) is 24.3. The fourth-order valence-electron chi connectivity index (χ4n) is 4.71. The average molecular weight is 322 g/mol. The zero-order chi connectivity index (χ0) is 16.5. The molecular weight excluding hydrogens is 312 g/mol. The van der Waals surface area contributed by atoms with Gasteiger partial charge >= 0.3 is 5.97 Å². The van der Waals surface area contributed by atoms with Crippen molar-refractivity contribution in [2.45, 2.75) is 12.0 Å². The highest BCUT2D eigenvalue weighted by Crippen LogP contribution is 2.54. The first kappa shape index (κ1) is 12.2. The SMILES string of the molecule is O=C1C=CC2(C=c3c4c(c5c(c3-c3c6cc-6cc32)C=5)C(=O)CC=C4)O1. The van der Waals surface area contributed by atoms with E-state index < -0.39 is 5.60 Å². The molecule has 5 aliphatic carbocycles. The van der Waals surface area contributed by atoms with Crippen molar-refractivity contribution in [3.05, 3.63) is 63.1 Å². The van der Waals surface area contributed by atoms with Crippen LogP contribution in [0.25, 0.3) is 40.5 Å². The van der Waals surface area contributed by atoms with Crippen molar-refractivity contribution < 1.29 is 14.3 Å². The fraction of sp³-hybridized carbons (Fsp3) is 0.0909. The van der Waals surface area contributed by atoms with Crippen molar-refractivity contribution in [2.75, 3.05) is 0 Å². The number of hydrogen-bond acceptors (Lipinski definition) is 3. The zero-order valence-corrected chi connectivity index (χ0v) is 13.1. The number of rotatable bonds is 0. The van der Waals surface area contributed by atoms with Gasteiger partial charge in [0.2, 0.25) is 0 Å². The first-order valence-electron chi connectivity index (χ1n) is 8.42. The normalized spacial score (nSPS) is 24.0. The second-order valence-corrected chi connectivity index (χ2v) is 7.22. The number of allylic oxidation sites excluding steroid dienone is 1. The molecule has 0 radical (unpaired) electrons. The Labute approximate surface area is 142 Å². The molecule has 0 saturated heterocycles. The van der Waals surface area contributed by atoms with Crippen LogP contribution in [0.1, 0.15) is 33.5 Å².